The van der Waals surface area contributed by atoms with E-state index >= 15 is 0 Å². The zero-order valence-corrected chi connectivity index (χ0v) is 21.2. The van der Waals surface area contributed by atoms with Crippen LogP contribution in [0.5, 0.6) is 5.88 Å². The van der Waals surface area contributed by atoms with Crippen LogP contribution in [0.4, 0.5) is 20.3 Å². The maximum atomic E-state index is 13.7. The second-order valence-corrected chi connectivity index (χ2v) is 9.94. The molecule has 13 heteroatoms. The van der Waals surface area contributed by atoms with Crippen molar-refractivity contribution in [2.24, 2.45) is 0 Å². The fourth-order valence-electron chi connectivity index (χ4n) is 5.45. The maximum absolute atomic E-state index is 13.7. The van der Waals surface area contributed by atoms with Crippen molar-refractivity contribution in [3.63, 3.8) is 0 Å². The van der Waals surface area contributed by atoms with E-state index in [0.717, 1.165) is 5.69 Å². The van der Waals surface area contributed by atoms with Crippen LogP contribution in [0.25, 0.3) is 11.4 Å². The molecule has 0 unspecified atom stereocenters. The molecule has 3 aliphatic heterocycles. The number of H-pyrrole nitrogens is 1. The number of morpholine rings is 1. The van der Waals surface area contributed by atoms with Crippen molar-refractivity contribution in [3.8, 4) is 17.3 Å². The molecule has 3 aromatic heterocycles. The van der Waals surface area contributed by atoms with Gasteiger partial charge in [0, 0.05) is 31.4 Å². The van der Waals surface area contributed by atoms with Crippen molar-refractivity contribution in [3.05, 3.63) is 48.5 Å². The molecule has 3 saturated heterocycles. The summed E-state index contributed by atoms with van der Waals surface area (Å²) in [6.45, 7) is 4.40. The number of carboxylic acid groups (broad SMARTS) is 1. The minimum Gasteiger partial charge on any atom is -0.480 e. The van der Waals surface area contributed by atoms with Gasteiger partial charge in [-0.25, -0.2) is 28.5 Å². The second kappa shape index (κ2) is 10.0. The van der Waals surface area contributed by atoms with Gasteiger partial charge in [-0.3, -0.25) is 0 Å². The van der Waals surface area contributed by atoms with E-state index in [4.69, 9.17) is 14.2 Å². The van der Waals surface area contributed by atoms with Crippen LogP contribution in [0.2, 0.25) is 0 Å². The molecule has 6 heterocycles. The quantitative estimate of drug-likeness (QED) is 0.460. The molecule has 0 bridgehead atoms. The van der Waals surface area contributed by atoms with Crippen molar-refractivity contribution >= 4 is 17.5 Å². The van der Waals surface area contributed by atoms with Crippen molar-refractivity contribution < 1.29 is 32.9 Å². The summed E-state index contributed by atoms with van der Waals surface area (Å²) in [4.78, 5) is 31.3. The summed E-state index contributed by atoms with van der Waals surface area (Å²) in [6.07, 6.45) is -0.106. The molecule has 3 fully saturated rings. The van der Waals surface area contributed by atoms with Crippen LogP contribution >= 0.6 is 0 Å². The van der Waals surface area contributed by atoms with Gasteiger partial charge in [0.05, 0.1) is 43.8 Å². The molecule has 2 N–H and O–H groups in total. The Morgan fingerprint density at radius 2 is 2.10 bits per heavy atom. The van der Waals surface area contributed by atoms with Crippen molar-refractivity contribution in [2.45, 2.75) is 43.6 Å². The first-order chi connectivity index (χ1) is 18.8. The number of rotatable bonds is 7. The normalized spacial score (nSPS) is 24.3. The Kier molecular flexibility index (Phi) is 6.55. The second-order valence-electron chi connectivity index (χ2n) is 9.94. The summed E-state index contributed by atoms with van der Waals surface area (Å²) in [5, 5.41) is 10.0. The number of hydrogen-bond acceptors (Lipinski definition) is 9. The van der Waals surface area contributed by atoms with E-state index in [1.807, 2.05) is 12.1 Å². The van der Waals surface area contributed by atoms with E-state index in [2.05, 4.69) is 31.8 Å². The minimum atomic E-state index is -2.92. The standard InChI is InChI=1S/C26H28F2N6O5/c1-15-26(13-37-14-26)38-9-8-33(15)19-5-3-7-30-24(19)39-16-10-20(25(35)36)34(12-16)21-11-18(17-4-2-6-29-17)31-23(32-21)22(27)28/h2-7,11,15-16,20,22,29H,8-10,12-14H2,1H3,(H,35,36)/t15-,16-,20-/m0/s1. The van der Waals surface area contributed by atoms with Gasteiger partial charge in [-0.05, 0) is 31.2 Å². The fraction of sp³-hybridized carbons (Fsp3) is 0.462. The van der Waals surface area contributed by atoms with Gasteiger partial charge < -0.3 is 34.1 Å². The third kappa shape index (κ3) is 4.65. The first kappa shape index (κ1) is 25.4. The first-order valence-electron chi connectivity index (χ1n) is 12.7. The zero-order chi connectivity index (χ0) is 27.1. The van der Waals surface area contributed by atoms with Crippen LogP contribution in [-0.2, 0) is 14.3 Å². The Balaban J connectivity index is 1.28. The monoisotopic (exact) mass is 542 g/mol. The maximum Gasteiger partial charge on any atom is 0.326 e. The number of anilines is 2. The molecule has 6 rings (SSSR count). The van der Waals surface area contributed by atoms with E-state index in [9.17, 15) is 18.7 Å². The molecule has 0 radical (unpaired) electrons. The van der Waals surface area contributed by atoms with Crippen LogP contribution in [0.15, 0.2) is 42.7 Å². The van der Waals surface area contributed by atoms with Crippen molar-refractivity contribution in [2.75, 3.05) is 42.7 Å². The van der Waals surface area contributed by atoms with Crippen LogP contribution in [0.1, 0.15) is 25.6 Å². The number of aromatic amines is 1. The number of pyridine rings is 1. The number of ether oxygens (including phenoxy) is 3. The van der Waals surface area contributed by atoms with Gasteiger partial charge in [0.2, 0.25) is 5.88 Å². The van der Waals surface area contributed by atoms with Gasteiger partial charge in [-0.2, -0.15) is 0 Å². The summed E-state index contributed by atoms with van der Waals surface area (Å²) in [5.41, 5.74) is 1.17. The number of nitrogens with one attached hydrogen (secondary N) is 1. The number of alkyl halides is 2. The molecule has 0 aliphatic carbocycles. The van der Waals surface area contributed by atoms with Gasteiger partial charge in [0.25, 0.3) is 6.43 Å². The smallest absolute Gasteiger partial charge is 0.326 e. The first-order valence-corrected chi connectivity index (χ1v) is 12.7. The summed E-state index contributed by atoms with van der Waals surface area (Å²) in [7, 11) is 0. The molecule has 3 atom stereocenters. The molecule has 0 amide bonds. The van der Waals surface area contributed by atoms with Crippen LogP contribution in [0, 0.1) is 0 Å². The average Bonchev–Trinajstić information content (AvgIpc) is 3.59. The highest BCUT2D eigenvalue weighted by Crippen LogP contribution is 2.39. The van der Waals surface area contributed by atoms with E-state index < -0.39 is 30.4 Å². The average molecular weight is 543 g/mol. The molecule has 0 saturated carbocycles. The molecule has 3 aromatic rings. The Hall–Kier alpha value is -3.84. The third-order valence-corrected chi connectivity index (χ3v) is 7.62. The SMILES string of the molecule is C[C@@H]1N(c2cccnc2O[C@H]2C[C@@H](C(=O)O)N(c3cc(-c4ccc[nH]4)nc(C(F)F)n3)C2)CCOC12COC2. The zero-order valence-electron chi connectivity index (χ0n) is 21.2. The van der Waals surface area contributed by atoms with E-state index in [-0.39, 0.29) is 36.1 Å². The van der Waals surface area contributed by atoms with Gasteiger partial charge in [0.1, 0.15) is 29.3 Å². The van der Waals surface area contributed by atoms with Gasteiger partial charge >= 0.3 is 5.97 Å². The number of halogens is 2. The molecule has 1 spiro atoms. The topological polar surface area (TPSA) is 126 Å². The Labute approximate surface area is 222 Å². The number of aliphatic carboxylic acids is 1. The summed E-state index contributed by atoms with van der Waals surface area (Å²) in [5.74, 6) is -1.30. The lowest BCUT2D eigenvalue weighted by Gasteiger charge is -2.53. The summed E-state index contributed by atoms with van der Waals surface area (Å²) >= 11 is 0. The number of hydrogen-bond donors (Lipinski definition) is 2. The Bertz CT molecular complexity index is 1340. The molecule has 11 nitrogen and oxygen atoms in total. The van der Waals surface area contributed by atoms with E-state index in [1.54, 1.807) is 24.5 Å². The predicted molar refractivity (Wildman–Crippen MR) is 135 cm³/mol. The molecule has 206 valence electrons. The molecular weight excluding hydrogens is 514 g/mol. The lowest BCUT2D eigenvalue weighted by atomic mass is 9.90. The highest BCUT2D eigenvalue weighted by molar-refractivity contribution is 5.79. The van der Waals surface area contributed by atoms with Crippen LogP contribution in [0.3, 0.4) is 0 Å². The van der Waals surface area contributed by atoms with E-state index in [1.165, 1.54) is 11.0 Å². The number of carboxylic acids is 1. The minimum absolute atomic E-state index is 0.0126. The van der Waals surface area contributed by atoms with Crippen molar-refractivity contribution in [1.29, 1.82) is 0 Å². The number of carbonyl (C=O) groups is 1. The van der Waals surface area contributed by atoms with Gasteiger partial charge in [0.15, 0.2) is 5.82 Å². The highest BCUT2D eigenvalue weighted by atomic mass is 19.3. The predicted octanol–water partition coefficient (Wildman–Crippen LogP) is 2.91. The molecule has 39 heavy (non-hydrogen) atoms. The summed E-state index contributed by atoms with van der Waals surface area (Å²) in [6, 6.07) is 7.65. The fourth-order valence-corrected chi connectivity index (χ4v) is 5.45. The highest BCUT2D eigenvalue weighted by Gasteiger charge is 2.50. The Morgan fingerprint density at radius 1 is 1.26 bits per heavy atom. The third-order valence-electron chi connectivity index (χ3n) is 7.62. The van der Waals surface area contributed by atoms with Crippen LogP contribution in [-0.4, -0.2) is 87.7 Å². The van der Waals surface area contributed by atoms with Gasteiger partial charge in [-0.1, -0.05) is 0 Å². The lowest BCUT2D eigenvalue weighted by molar-refractivity contribution is -0.228. The largest absolute Gasteiger partial charge is 0.480 e. The molecule has 3 aliphatic rings. The Morgan fingerprint density at radius 3 is 2.79 bits per heavy atom. The van der Waals surface area contributed by atoms with E-state index in [0.29, 0.717) is 37.9 Å². The summed E-state index contributed by atoms with van der Waals surface area (Å²) < 4.78 is 45.2. The lowest BCUT2D eigenvalue weighted by Crippen LogP contribution is -2.68. The van der Waals surface area contributed by atoms with Gasteiger partial charge in [-0.15, -0.1) is 0 Å². The van der Waals surface area contributed by atoms with Crippen molar-refractivity contribution in [1.82, 2.24) is 19.9 Å². The number of nitrogens with zero attached hydrogens (tertiary/aromatic N) is 5. The molecular formula is C26H28F2N6O5. The molecule has 0 aromatic carbocycles. The number of aromatic nitrogens is 4. The van der Waals surface area contributed by atoms with Crippen LogP contribution < -0.4 is 14.5 Å².